The van der Waals surface area contributed by atoms with E-state index < -0.39 is 0 Å². The second-order valence-electron chi connectivity index (χ2n) is 6.17. The Kier molecular flexibility index (Phi) is 5.23. The molecular formula is C18H21FN4O2. The molecule has 0 saturated carbocycles. The number of carbonyl (C=O) groups is 1. The summed E-state index contributed by atoms with van der Waals surface area (Å²) in [5, 5.41) is 3.90. The number of nitrogens with zero attached hydrogens (tertiary/aromatic N) is 4. The van der Waals surface area contributed by atoms with Crippen LogP contribution in [0.2, 0.25) is 0 Å². The minimum atomic E-state index is -0.303. The highest BCUT2D eigenvalue weighted by atomic mass is 19.1. The first-order chi connectivity index (χ1) is 12.0. The molecule has 2 heterocycles. The van der Waals surface area contributed by atoms with Gasteiger partial charge >= 0.3 is 0 Å². The van der Waals surface area contributed by atoms with Gasteiger partial charge in [0, 0.05) is 39.2 Å². The van der Waals surface area contributed by atoms with Crippen molar-refractivity contribution in [3.63, 3.8) is 0 Å². The van der Waals surface area contributed by atoms with Crippen LogP contribution in [0.3, 0.4) is 0 Å². The van der Waals surface area contributed by atoms with Crippen LogP contribution in [-0.4, -0.2) is 52.0 Å². The van der Waals surface area contributed by atoms with Crippen molar-refractivity contribution in [2.75, 3.05) is 26.2 Å². The zero-order chi connectivity index (χ0) is 17.8. The summed E-state index contributed by atoms with van der Waals surface area (Å²) in [6, 6.07) is 6.27. The lowest BCUT2D eigenvalue weighted by Gasteiger charge is -2.33. The molecular weight excluding hydrogens is 323 g/mol. The summed E-state index contributed by atoms with van der Waals surface area (Å²) in [7, 11) is 0. The monoisotopic (exact) mass is 344 g/mol. The number of aromatic nitrogens is 2. The molecule has 132 valence electrons. The Morgan fingerprint density at radius 1 is 1.32 bits per heavy atom. The van der Waals surface area contributed by atoms with Crippen LogP contribution in [0.1, 0.15) is 24.2 Å². The van der Waals surface area contributed by atoms with Gasteiger partial charge in [0.05, 0.1) is 6.54 Å². The second kappa shape index (κ2) is 7.57. The van der Waals surface area contributed by atoms with E-state index in [9.17, 15) is 9.18 Å². The standard InChI is InChI=1S/C18H21FN4O2/c1-13(15-4-3-5-16(19)11-15)10-18(24)23-8-6-22(7-9-23)12-17-20-14(2)25-21-17/h3-5,10-11H,6-9,12H2,1-2H3/b13-10+. The zero-order valence-electron chi connectivity index (χ0n) is 14.4. The number of halogens is 1. The Labute approximate surface area is 145 Å². The summed E-state index contributed by atoms with van der Waals surface area (Å²) < 4.78 is 18.3. The van der Waals surface area contributed by atoms with Gasteiger partial charge in [0.15, 0.2) is 5.82 Å². The number of amides is 1. The van der Waals surface area contributed by atoms with Crippen molar-refractivity contribution in [3.05, 3.63) is 53.4 Å². The van der Waals surface area contributed by atoms with Gasteiger partial charge in [-0.3, -0.25) is 9.69 Å². The number of benzene rings is 1. The van der Waals surface area contributed by atoms with Crippen LogP contribution in [0, 0.1) is 12.7 Å². The molecule has 1 aromatic heterocycles. The first kappa shape index (κ1) is 17.3. The molecule has 1 aromatic carbocycles. The molecule has 0 N–H and O–H groups in total. The largest absolute Gasteiger partial charge is 0.340 e. The number of piperazine rings is 1. The molecule has 1 aliphatic rings. The third kappa shape index (κ3) is 4.51. The van der Waals surface area contributed by atoms with Crippen molar-refractivity contribution in [2.45, 2.75) is 20.4 Å². The average molecular weight is 344 g/mol. The minimum Gasteiger partial charge on any atom is -0.340 e. The van der Waals surface area contributed by atoms with Gasteiger partial charge in [-0.15, -0.1) is 0 Å². The molecule has 25 heavy (non-hydrogen) atoms. The molecule has 0 bridgehead atoms. The summed E-state index contributed by atoms with van der Waals surface area (Å²) in [5.74, 6) is 0.876. The third-order valence-electron chi connectivity index (χ3n) is 4.24. The lowest BCUT2D eigenvalue weighted by atomic mass is 10.1. The smallest absolute Gasteiger partial charge is 0.246 e. The summed E-state index contributed by atoms with van der Waals surface area (Å²) in [5.41, 5.74) is 1.48. The van der Waals surface area contributed by atoms with Gasteiger partial charge in [-0.05, 0) is 30.2 Å². The molecule has 1 amide bonds. The Morgan fingerprint density at radius 2 is 2.08 bits per heavy atom. The van der Waals surface area contributed by atoms with E-state index >= 15 is 0 Å². The maximum Gasteiger partial charge on any atom is 0.246 e. The van der Waals surface area contributed by atoms with E-state index in [1.165, 1.54) is 12.1 Å². The van der Waals surface area contributed by atoms with Gasteiger partial charge in [0.25, 0.3) is 0 Å². The second-order valence-corrected chi connectivity index (χ2v) is 6.17. The molecule has 1 fully saturated rings. The van der Waals surface area contributed by atoms with E-state index in [4.69, 9.17) is 4.52 Å². The fourth-order valence-electron chi connectivity index (χ4n) is 2.83. The van der Waals surface area contributed by atoms with Gasteiger partial charge in [-0.2, -0.15) is 4.98 Å². The van der Waals surface area contributed by atoms with Gasteiger partial charge in [-0.25, -0.2) is 4.39 Å². The van der Waals surface area contributed by atoms with Crippen LogP contribution in [0.4, 0.5) is 4.39 Å². The molecule has 0 atom stereocenters. The molecule has 1 saturated heterocycles. The number of allylic oxidation sites excluding steroid dienone is 1. The maximum absolute atomic E-state index is 13.3. The Bertz CT molecular complexity index is 779. The Hall–Kier alpha value is -2.54. The molecule has 2 aromatic rings. The number of rotatable bonds is 4. The van der Waals surface area contributed by atoms with Crippen LogP contribution in [0.15, 0.2) is 34.9 Å². The van der Waals surface area contributed by atoms with E-state index in [-0.39, 0.29) is 11.7 Å². The fourth-order valence-corrected chi connectivity index (χ4v) is 2.83. The van der Waals surface area contributed by atoms with Crippen molar-refractivity contribution in [1.29, 1.82) is 0 Å². The number of hydrogen-bond donors (Lipinski definition) is 0. The van der Waals surface area contributed by atoms with Crippen molar-refractivity contribution in [3.8, 4) is 0 Å². The van der Waals surface area contributed by atoms with Crippen LogP contribution in [0.25, 0.3) is 5.57 Å². The lowest BCUT2D eigenvalue weighted by Crippen LogP contribution is -2.48. The molecule has 7 heteroatoms. The van der Waals surface area contributed by atoms with Crippen molar-refractivity contribution in [2.24, 2.45) is 0 Å². The normalized spacial score (nSPS) is 16.3. The maximum atomic E-state index is 13.3. The average Bonchev–Trinajstić information content (AvgIpc) is 3.00. The van der Waals surface area contributed by atoms with Crippen molar-refractivity contribution < 1.29 is 13.7 Å². The summed E-state index contributed by atoms with van der Waals surface area (Å²) >= 11 is 0. The summed E-state index contributed by atoms with van der Waals surface area (Å²) in [4.78, 5) is 20.6. The molecule has 0 aliphatic carbocycles. The third-order valence-corrected chi connectivity index (χ3v) is 4.24. The molecule has 1 aliphatic heterocycles. The number of carbonyl (C=O) groups excluding carboxylic acids is 1. The molecule has 0 spiro atoms. The van der Waals surface area contributed by atoms with Crippen LogP contribution in [0.5, 0.6) is 0 Å². The van der Waals surface area contributed by atoms with E-state index in [0.29, 0.717) is 31.3 Å². The fraction of sp³-hybridized carbons (Fsp3) is 0.389. The van der Waals surface area contributed by atoms with E-state index in [1.54, 1.807) is 30.0 Å². The Morgan fingerprint density at radius 3 is 2.72 bits per heavy atom. The minimum absolute atomic E-state index is 0.0446. The molecule has 6 nitrogen and oxygen atoms in total. The van der Waals surface area contributed by atoms with Crippen LogP contribution in [-0.2, 0) is 11.3 Å². The van der Waals surface area contributed by atoms with Crippen molar-refractivity contribution in [1.82, 2.24) is 19.9 Å². The van der Waals surface area contributed by atoms with Gasteiger partial charge < -0.3 is 9.42 Å². The quantitative estimate of drug-likeness (QED) is 0.796. The highest BCUT2D eigenvalue weighted by Gasteiger charge is 2.21. The predicted molar refractivity (Wildman–Crippen MR) is 90.9 cm³/mol. The lowest BCUT2D eigenvalue weighted by molar-refractivity contribution is -0.127. The van der Waals surface area contributed by atoms with Crippen LogP contribution >= 0.6 is 0 Å². The first-order valence-corrected chi connectivity index (χ1v) is 8.26. The summed E-state index contributed by atoms with van der Waals surface area (Å²) in [6.07, 6.45) is 1.58. The van der Waals surface area contributed by atoms with Gasteiger partial charge in [-0.1, -0.05) is 17.3 Å². The van der Waals surface area contributed by atoms with E-state index in [0.717, 1.165) is 24.2 Å². The number of aryl methyl sites for hydroxylation is 1. The number of hydrogen-bond acceptors (Lipinski definition) is 5. The first-order valence-electron chi connectivity index (χ1n) is 8.26. The molecule has 0 radical (unpaired) electrons. The predicted octanol–water partition coefficient (Wildman–Crippen LogP) is 2.26. The summed E-state index contributed by atoms with van der Waals surface area (Å²) in [6.45, 7) is 7.00. The molecule has 3 rings (SSSR count). The van der Waals surface area contributed by atoms with Gasteiger partial charge in [0.1, 0.15) is 5.82 Å². The van der Waals surface area contributed by atoms with E-state index in [2.05, 4.69) is 15.0 Å². The van der Waals surface area contributed by atoms with E-state index in [1.807, 2.05) is 6.92 Å². The highest BCUT2D eigenvalue weighted by Crippen LogP contribution is 2.16. The highest BCUT2D eigenvalue weighted by molar-refractivity contribution is 5.94. The Balaban J connectivity index is 1.55. The molecule has 0 unspecified atom stereocenters. The van der Waals surface area contributed by atoms with Crippen molar-refractivity contribution >= 4 is 11.5 Å². The van der Waals surface area contributed by atoms with Crippen LogP contribution < -0.4 is 0 Å². The van der Waals surface area contributed by atoms with Gasteiger partial charge in [0.2, 0.25) is 11.8 Å². The zero-order valence-corrected chi connectivity index (χ0v) is 14.4. The topological polar surface area (TPSA) is 62.5 Å². The SMILES string of the molecule is C/C(=C\C(=O)N1CCN(Cc2noc(C)n2)CC1)c1cccc(F)c1.